The fraction of sp³-hybridized carbons (Fsp3) is 0.190. The SMILES string of the molecule is COc1cnc2[nH]cc(Cc3ccc(NCc4cc(F)cnc4OC)nc3F)c2c1. The molecule has 4 rings (SSSR count). The first-order valence-electron chi connectivity index (χ1n) is 9.15. The fourth-order valence-electron chi connectivity index (χ4n) is 3.16. The van der Waals surface area contributed by atoms with Crippen LogP contribution in [0.2, 0.25) is 0 Å². The second-order valence-corrected chi connectivity index (χ2v) is 6.58. The van der Waals surface area contributed by atoms with Gasteiger partial charge in [-0.05, 0) is 23.8 Å². The lowest BCUT2D eigenvalue weighted by Gasteiger charge is -2.10. The van der Waals surface area contributed by atoms with Crippen LogP contribution in [-0.2, 0) is 13.0 Å². The Bertz CT molecular complexity index is 1200. The molecular formula is C21H19F2N5O2. The molecule has 0 saturated carbocycles. The predicted molar refractivity (Wildman–Crippen MR) is 108 cm³/mol. The van der Waals surface area contributed by atoms with Crippen LogP contribution in [0.25, 0.3) is 11.0 Å². The number of pyridine rings is 3. The molecule has 0 aromatic carbocycles. The van der Waals surface area contributed by atoms with Gasteiger partial charge in [-0.25, -0.2) is 19.3 Å². The van der Waals surface area contributed by atoms with Crippen LogP contribution < -0.4 is 14.8 Å². The molecular weight excluding hydrogens is 392 g/mol. The Kier molecular flexibility index (Phi) is 5.42. The molecule has 0 radical (unpaired) electrons. The normalized spacial score (nSPS) is 10.9. The predicted octanol–water partition coefficient (Wildman–Crippen LogP) is 3.85. The number of nitrogens with zero attached hydrogens (tertiary/aromatic N) is 3. The number of fused-ring (bicyclic) bond motifs is 1. The largest absolute Gasteiger partial charge is 0.495 e. The maximum Gasteiger partial charge on any atom is 0.218 e. The number of H-pyrrole nitrogens is 1. The van der Waals surface area contributed by atoms with E-state index in [2.05, 4.69) is 25.3 Å². The smallest absolute Gasteiger partial charge is 0.218 e. The highest BCUT2D eigenvalue weighted by Crippen LogP contribution is 2.25. The number of rotatable bonds is 7. The minimum atomic E-state index is -0.588. The van der Waals surface area contributed by atoms with Crippen LogP contribution in [0.15, 0.2) is 42.9 Å². The average molecular weight is 411 g/mol. The van der Waals surface area contributed by atoms with E-state index in [4.69, 9.17) is 9.47 Å². The zero-order valence-corrected chi connectivity index (χ0v) is 16.4. The van der Waals surface area contributed by atoms with Gasteiger partial charge in [-0.3, -0.25) is 0 Å². The summed E-state index contributed by atoms with van der Waals surface area (Å²) in [5, 5.41) is 3.83. The summed E-state index contributed by atoms with van der Waals surface area (Å²) in [6, 6.07) is 6.50. The number of aromatic amines is 1. The van der Waals surface area contributed by atoms with E-state index in [0.717, 1.165) is 17.1 Å². The Balaban J connectivity index is 1.51. The molecule has 154 valence electrons. The number of hydrogen-bond donors (Lipinski definition) is 2. The molecule has 9 heteroatoms. The second-order valence-electron chi connectivity index (χ2n) is 6.58. The van der Waals surface area contributed by atoms with Crippen molar-refractivity contribution in [3.8, 4) is 11.6 Å². The van der Waals surface area contributed by atoms with Gasteiger partial charge in [-0.2, -0.15) is 4.39 Å². The number of methoxy groups -OCH3 is 2. The van der Waals surface area contributed by atoms with Crippen molar-refractivity contribution in [1.29, 1.82) is 0 Å². The van der Waals surface area contributed by atoms with Crippen molar-refractivity contribution >= 4 is 16.9 Å². The molecule has 0 spiro atoms. The van der Waals surface area contributed by atoms with Gasteiger partial charge in [-0.15, -0.1) is 0 Å². The lowest BCUT2D eigenvalue weighted by Crippen LogP contribution is -2.06. The van der Waals surface area contributed by atoms with Gasteiger partial charge in [-0.1, -0.05) is 6.07 Å². The zero-order valence-electron chi connectivity index (χ0n) is 16.4. The third-order valence-electron chi connectivity index (χ3n) is 4.68. The molecule has 7 nitrogen and oxygen atoms in total. The number of aromatic nitrogens is 4. The van der Waals surface area contributed by atoms with Gasteiger partial charge in [0.2, 0.25) is 11.8 Å². The van der Waals surface area contributed by atoms with Crippen LogP contribution in [-0.4, -0.2) is 34.2 Å². The third-order valence-corrected chi connectivity index (χ3v) is 4.68. The Hall–Kier alpha value is -3.75. The van der Waals surface area contributed by atoms with E-state index in [1.807, 2.05) is 6.07 Å². The summed E-state index contributed by atoms with van der Waals surface area (Å²) in [6.07, 6.45) is 4.83. The van der Waals surface area contributed by atoms with Crippen LogP contribution in [0, 0.1) is 11.8 Å². The number of nitrogens with one attached hydrogen (secondary N) is 2. The minimum absolute atomic E-state index is 0.188. The summed E-state index contributed by atoms with van der Waals surface area (Å²) in [5.74, 6) is 0.180. The fourth-order valence-corrected chi connectivity index (χ4v) is 3.16. The first kappa shape index (κ1) is 19.6. The summed E-state index contributed by atoms with van der Waals surface area (Å²) in [6.45, 7) is 0.188. The summed E-state index contributed by atoms with van der Waals surface area (Å²) in [5.41, 5.74) is 2.53. The van der Waals surface area contributed by atoms with Crippen molar-refractivity contribution in [3.05, 3.63) is 71.3 Å². The molecule has 0 amide bonds. The standard InChI is InChI=1S/C21H19F2N5O2/c1-29-16-7-17-13(8-25-20(17)26-11-16)5-12-3-4-18(28-19(12)23)24-9-14-6-15(22)10-27-21(14)30-2/h3-4,6-8,10-11H,5,9H2,1-2H3,(H,24,28)(H,25,26). The molecule has 4 aromatic rings. The van der Waals surface area contributed by atoms with Crippen LogP contribution in [0.4, 0.5) is 14.6 Å². The molecule has 0 saturated heterocycles. The van der Waals surface area contributed by atoms with Gasteiger partial charge in [0.1, 0.15) is 23.0 Å². The topological polar surface area (TPSA) is 85.0 Å². The zero-order chi connectivity index (χ0) is 21.1. The molecule has 4 heterocycles. The van der Waals surface area contributed by atoms with Gasteiger partial charge < -0.3 is 19.8 Å². The molecule has 2 N–H and O–H groups in total. The number of anilines is 1. The van der Waals surface area contributed by atoms with Crippen LogP contribution in [0.5, 0.6) is 11.6 Å². The summed E-state index contributed by atoms with van der Waals surface area (Å²) >= 11 is 0. The maximum absolute atomic E-state index is 14.6. The molecule has 30 heavy (non-hydrogen) atoms. The van der Waals surface area contributed by atoms with Gasteiger partial charge in [0.15, 0.2) is 0 Å². The molecule has 0 aliphatic heterocycles. The van der Waals surface area contributed by atoms with E-state index >= 15 is 0 Å². The first-order chi connectivity index (χ1) is 14.6. The average Bonchev–Trinajstić information content (AvgIpc) is 3.16. The van der Waals surface area contributed by atoms with Crippen molar-refractivity contribution in [1.82, 2.24) is 19.9 Å². The quantitative estimate of drug-likeness (QED) is 0.450. The van der Waals surface area contributed by atoms with Crippen LogP contribution >= 0.6 is 0 Å². The highest BCUT2D eigenvalue weighted by Gasteiger charge is 2.12. The maximum atomic E-state index is 14.6. The van der Waals surface area contributed by atoms with E-state index in [0.29, 0.717) is 40.6 Å². The monoisotopic (exact) mass is 411 g/mol. The lowest BCUT2D eigenvalue weighted by molar-refractivity contribution is 0.391. The van der Waals surface area contributed by atoms with E-state index < -0.39 is 11.8 Å². The Morgan fingerprint density at radius 1 is 1.00 bits per heavy atom. The molecule has 0 bridgehead atoms. The molecule has 0 aliphatic rings. The van der Waals surface area contributed by atoms with Crippen molar-refractivity contribution in [2.45, 2.75) is 13.0 Å². The van der Waals surface area contributed by atoms with Gasteiger partial charge >= 0.3 is 0 Å². The van der Waals surface area contributed by atoms with Gasteiger partial charge in [0.05, 0.1) is 26.6 Å². The molecule has 0 unspecified atom stereocenters. The second kappa shape index (κ2) is 8.32. The molecule has 0 aliphatic carbocycles. The number of hydrogen-bond acceptors (Lipinski definition) is 6. The van der Waals surface area contributed by atoms with Gasteiger partial charge in [0, 0.05) is 35.7 Å². The Labute approximate surface area is 171 Å². The molecule has 0 fully saturated rings. The minimum Gasteiger partial charge on any atom is -0.495 e. The van der Waals surface area contributed by atoms with Crippen molar-refractivity contribution in [2.24, 2.45) is 0 Å². The Morgan fingerprint density at radius 2 is 1.87 bits per heavy atom. The number of ether oxygens (including phenoxy) is 2. The van der Waals surface area contributed by atoms with E-state index in [1.165, 1.54) is 13.2 Å². The van der Waals surface area contributed by atoms with Gasteiger partial charge in [0.25, 0.3) is 0 Å². The van der Waals surface area contributed by atoms with E-state index in [-0.39, 0.29) is 6.54 Å². The molecule has 0 atom stereocenters. The van der Waals surface area contributed by atoms with Crippen molar-refractivity contribution in [3.63, 3.8) is 0 Å². The van der Waals surface area contributed by atoms with Crippen LogP contribution in [0.1, 0.15) is 16.7 Å². The molecule has 4 aromatic heterocycles. The van der Waals surface area contributed by atoms with Crippen molar-refractivity contribution < 1.29 is 18.3 Å². The first-order valence-corrected chi connectivity index (χ1v) is 9.15. The number of halogens is 2. The Morgan fingerprint density at radius 3 is 2.63 bits per heavy atom. The highest BCUT2D eigenvalue weighted by molar-refractivity contribution is 5.81. The van der Waals surface area contributed by atoms with Crippen molar-refractivity contribution in [2.75, 3.05) is 19.5 Å². The van der Waals surface area contributed by atoms with Crippen LogP contribution in [0.3, 0.4) is 0 Å². The summed E-state index contributed by atoms with van der Waals surface area (Å²) in [4.78, 5) is 15.2. The van der Waals surface area contributed by atoms with E-state index in [1.54, 1.807) is 31.6 Å². The van der Waals surface area contributed by atoms with E-state index in [9.17, 15) is 8.78 Å². The summed E-state index contributed by atoms with van der Waals surface area (Å²) in [7, 11) is 3.02. The lowest BCUT2D eigenvalue weighted by atomic mass is 10.1. The third kappa shape index (κ3) is 4.00. The highest BCUT2D eigenvalue weighted by atomic mass is 19.1. The summed E-state index contributed by atoms with van der Waals surface area (Å²) < 4.78 is 38.4.